The molecule has 2 amide bonds. The number of carbonyl (C=O) groups excluding carboxylic acids is 3. The molecule has 10 nitrogen and oxygen atoms in total. The quantitative estimate of drug-likeness (QED) is 0.338. The Balaban J connectivity index is 1.40. The molecule has 4 fully saturated rings. The van der Waals surface area contributed by atoms with Gasteiger partial charge in [-0.25, -0.2) is 0 Å². The number of hydrogen-bond donors (Lipinski definition) is 3. The van der Waals surface area contributed by atoms with E-state index in [1.165, 1.54) is 26.4 Å². The zero-order valence-corrected chi connectivity index (χ0v) is 24.4. The van der Waals surface area contributed by atoms with Crippen molar-refractivity contribution in [3.63, 3.8) is 0 Å². The smallest absolute Gasteiger partial charge is 0.249 e. The number of carbonyl (C=O) groups is 3. The normalized spacial score (nSPS) is 33.7. The van der Waals surface area contributed by atoms with E-state index >= 15 is 0 Å². The summed E-state index contributed by atoms with van der Waals surface area (Å²) in [5, 5.41) is 24.1. The Labute approximate surface area is 246 Å². The molecule has 10 heteroatoms. The summed E-state index contributed by atoms with van der Waals surface area (Å²) in [6, 6.07) is 2.39. The minimum absolute atomic E-state index is 0.0120. The van der Waals surface area contributed by atoms with Crippen molar-refractivity contribution in [1.29, 1.82) is 0 Å². The van der Waals surface area contributed by atoms with Gasteiger partial charge in [0.15, 0.2) is 11.5 Å². The Morgan fingerprint density at radius 2 is 1.86 bits per heavy atom. The van der Waals surface area contributed by atoms with Gasteiger partial charge < -0.3 is 34.6 Å². The van der Waals surface area contributed by atoms with E-state index in [1.54, 1.807) is 23.1 Å². The second-order valence-electron chi connectivity index (χ2n) is 13.0. The number of amides is 2. The summed E-state index contributed by atoms with van der Waals surface area (Å²) in [6.45, 7) is 2.42. The average Bonchev–Trinajstić information content (AvgIpc) is 3.36. The molecule has 4 atom stereocenters. The molecule has 1 aromatic carbocycles. The largest absolute Gasteiger partial charge is 0.493 e. The molecule has 0 spiro atoms. The fourth-order valence-corrected chi connectivity index (χ4v) is 9.04. The number of aliphatic hydroxyl groups excluding tert-OH is 2. The van der Waals surface area contributed by atoms with E-state index in [4.69, 9.17) is 14.2 Å². The van der Waals surface area contributed by atoms with Crippen LogP contribution in [-0.2, 0) is 14.3 Å². The number of fused-ring (bicyclic) bond motifs is 3. The Hall–Kier alpha value is -2.95. The maximum Gasteiger partial charge on any atom is 0.249 e. The van der Waals surface area contributed by atoms with Gasteiger partial charge in [0.1, 0.15) is 25.1 Å². The van der Waals surface area contributed by atoms with Crippen LogP contribution in [0.25, 0.3) is 0 Å². The first kappa shape index (κ1) is 29.1. The average molecular weight is 583 g/mol. The van der Waals surface area contributed by atoms with Crippen LogP contribution < -0.4 is 14.8 Å². The van der Waals surface area contributed by atoms with Crippen LogP contribution in [0.3, 0.4) is 0 Å². The van der Waals surface area contributed by atoms with Gasteiger partial charge >= 0.3 is 0 Å². The van der Waals surface area contributed by atoms with Crippen molar-refractivity contribution in [1.82, 2.24) is 10.2 Å². The van der Waals surface area contributed by atoms with Gasteiger partial charge in [-0.15, -0.1) is 0 Å². The standard InChI is InChI=1S/C32H42N2O8/c1-3-41-16-26(37)34(17-32-12-18-6-19(13-32)8-20(7-18)14-32)24-11-23(31(39)33-4-5-35)27-22-9-21(15-36)10-25(40-2)29(22)42-30(27)28(24)38/h9-11,15,18-20,24,27-28,30,35,38H,3-8,12-14,16-17H2,1-2H3,(H,33,39)/t18?,19?,20?,24-,27+,28+,30+,32?/m1/s1. The summed E-state index contributed by atoms with van der Waals surface area (Å²) in [5.41, 5.74) is 1.24. The molecule has 5 aliphatic carbocycles. The monoisotopic (exact) mass is 582 g/mol. The molecule has 1 aliphatic heterocycles. The van der Waals surface area contributed by atoms with Crippen LogP contribution in [-0.4, -0.2) is 91.5 Å². The van der Waals surface area contributed by atoms with E-state index in [9.17, 15) is 24.6 Å². The van der Waals surface area contributed by atoms with E-state index in [0.29, 0.717) is 65.4 Å². The molecule has 0 unspecified atom stereocenters. The summed E-state index contributed by atoms with van der Waals surface area (Å²) in [4.78, 5) is 40.9. The van der Waals surface area contributed by atoms with Crippen molar-refractivity contribution in [2.24, 2.45) is 23.2 Å². The van der Waals surface area contributed by atoms with Gasteiger partial charge in [0.05, 0.1) is 25.7 Å². The lowest BCUT2D eigenvalue weighted by Crippen LogP contribution is -2.60. The van der Waals surface area contributed by atoms with E-state index < -0.39 is 30.1 Å². The zero-order valence-electron chi connectivity index (χ0n) is 24.4. The van der Waals surface area contributed by atoms with Crippen molar-refractivity contribution in [3.8, 4) is 11.5 Å². The van der Waals surface area contributed by atoms with Gasteiger partial charge in [-0.1, -0.05) is 0 Å². The molecule has 1 aromatic rings. The molecular weight excluding hydrogens is 540 g/mol. The highest BCUT2D eigenvalue weighted by Crippen LogP contribution is 2.60. The van der Waals surface area contributed by atoms with Gasteiger partial charge in [0.2, 0.25) is 11.8 Å². The highest BCUT2D eigenvalue weighted by Gasteiger charge is 2.55. The van der Waals surface area contributed by atoms with E-state index in [0.717, 1.165) is 19.3 Å². The van der Waals surface area contributed by atoms with Crippen LogP contribution in [0, 0.1) is 23.2 Å². The van der Waals surface area contributed by atoms with Crippen LogP contribution in [0.1, 0.15) is 67.3 Å². The maximum absolute atomic E-state index is 13.8. The summed E-state index contributed by atoms with van der Waals surface area (Å²) in [5.74, 6) is 1.41. The highest BCUT2D eigenvalue weighted by atomic mass is 16.5. The summed E-state index contributed by atoms with van der Waals surface area (Å²) < 4.78 is 17.4. The Morgan fingerprint density at radius 1 is 1.17 bits per heavy atom. The lowest BCUT2D eigenvalue weighted by Gasteiger charge is -2.58. The maximum atomic E-state index is 13.8. The molecule has 0 saturated heterocycles. The zero-order chi connectivity index (χ0) is 29.6. The van der Waals surface area contributed by atoms with E-state index in [2.05, 4.69) is 5.32 Å². The Morgan fingerprint density at radius 3 is 2.45 bits per heavy atom. The van der Waals surface area contributed by atoms with Crippen molar-refractivity contribution >= 4 is 18.1 Å². The highest BCUT2D eigenvalue weighted by molar-refractivity contribution is 5.96. The number of nitrogens with zero attached hydrogens (tertiary/aromatic N) is 1. The molecule has 4 saturated carbocycles. The first-order valence-corrected chi connectivity index (χ1v) is 15.3. The lowest BCUT2D eigenvalue weighted by atomic mass is 9.49. The molecule has 0 aromatic heterocycles. The number of aldehydes is 1. The molecule has 228 valence electrons. The van der Waals surface area contributed by atoms with Gasteiger partial charge in [-0.3, -0.25) is 14.4 Å². The molecule has 6 aliphatic rings. The fraction of sp³-hybridized carbons (Fsp3) is 0.656. The first-order valence-electron chi connectivity index (χ1n) is 15.3. The van der Waals surface area contributed by atoms with Crippen molar-refractivity contribution in [2.45, 2.75) is 69.6 Å². The summed E-state index contributed by atoms with van der Waals surface area (Å²) in [7, 11) is 1.47. The minimum atomic E-state index is -1.15. The van der Waals surface area contributed by atoms with Crippen LogP contribution >= 0.6 is 0 Å². The number of aliphatic hydroxyl groups is 2. The summed E-state index contributed by atoms with van der Waals surface area (Å²) >= 11 is 0. The van der Waals surface area contributed by atoms with Crippen LogP contribution in [0.15, 0.2) is 23.8 Å². The number of hydrogen-bond acceptors (Lipinski definition) is 8. The van der Waals surface area contributed by atoms with E-state index in [-0.39, 0.29) is 31.1 Å². The topological polar surface area (TPSA) is 135 Å². The van der Waals surface area contributed by atoms with Crippen LogP contribution in [0.5, 0.6) is 11.5 Å². The van der Waals surface area contributed by atoms with Gasteiger partial charge in [0.25, 0.3) is 0 Å². The first-order chi connectivity index (χ1) is 20.3. The Kier molecular flexibility index (Phi) is 8.06. The molecule has 42 heavy (non-hydrogen) atoms. The van der Waals surface area contributed by atoms with Crippen LogP contribution in [0.4, 0.5) is 0 Å². The number of ether oxygens (including phenoxy) is 3. The summed E-state index contributed by atoms with van der Waals surface area (Å²) in [6.07, 6.45) is 7.40. The predicted octanol–water partition coefficient (Wildman–Crippen LogP) is 2.21. The molecule has 0 radical (unpaired) electrons. The number of rotatable bonds is 11. The lowest BCUT2D eigenvalue weighted by molar-refractivity contribution is -0.149. The van der Waals surface area contributed by atoms with Gasteiger partial charge in [0, 0.05) is 36.4 Å². The predicted molar refractivity (Wildman–Crippen MR) is 152 cm³/mol. The molecular formula is C32H42N2O8. The van der Waals surface area contributed by atoms with E-state index in [1.807, 2.05) is 6.92 Å². The molecule has 1 heterocycles. The van der Waals surface area contributed by atoms with Crippen molar-refractivity contribution in [3.05, 3.63) is 34.9 Å². The third-order valence-corrected chi connectivity index (χ3v) is 10.2. The van der Waals surface area contributed by atoms with Crippen molar-refractivity contribution < 1.29 is 38.8 Å². The second kappa shape index (κ2) is 11.6. The second-order valence-corrected chi connectivity index (χ2v) is 13.0. The Bertz CT molecular complexity index is 1230. The molecule has 7 rings (SSSR count). The number of nitrogens with one attached hydrogen (secondary N) is 1. The third-order valence-electron chi connectivity index (χ3n) is 10.2. The minimum Gasteiger partial charge on any atom is -0.493 e. The van der Waals surface area contributed by atoms with Gasteiger partial charge in [-0.2, -0.15) is 0 Å². The van der Waals surface area contributed by atoms with Crippen LogP contribution in [0.2, 0.25) is 0 Å². The SMILES string of the molecule is CCOCC(=O)N(CC12CC3CC(CC(C3)C1)C2)[C@@H]1C=C(C(=O)NCCO)[C@@H]2c3cc(C=O)cc(OC)c3O[C@@H]2[C@H]1O. The van der Waals surface area contributed by atoms with Crippen molar-refractivity contribution in [2.75, 3.05) is 40.0 Å². The molecule has 4 bridgehead atoms. The number of methoxy groups -OCH3 is 1. The fourth-order valence-electron chi connectivity index (χ4n) is 9.04. The molecule has 3 N–H and O–H groups in total. The third kappa shape index (κ3) is 5.11. The van der Waals surface area contributed by atoms with Gasteiger partial charge in [-0.05, 0) is 86.8 Å². The number of benzene rings is 1.